The van der Waals surface area contributed by atoms with E-state index in [-0.39, 0.29) is 30.1 Å². The number of carbonyl (C=O) groups excluding carboxylic acids is 2. The van der Waals surface area contributed by atoms with Crippen molar-refractivity contribution in [1.82, 2.24) is 4.98 Å². The molecule has 1 aromatic heterocycles. The van der Waals surface area contributed by atoms with Gasteiger partial charge < -0.3 is 9.64 Å². The molecule has 0 unspecified atom stereocenters. The summed E-state index contributed by atoms with van der Waals surface area (Å²) in [6.07, 6.45) is 1.57. The van der Waals surface area contributed by atoms with Crippen LogP contribution in [0.4, 0.5) is 21.9 Å². The zero-order valence-corrected chi connectivity index (χ0v) is 20.8. The molecule has 0 bridgehead atoms. The summed E-state index contributed by atoms with van der Waals surface area (Å²) >= 11 is 0. The minimum atomic E-state index is -3.26. The van der Waals surface area contributed by atoms with Crippen molar-refractivity contribution in [3.63, 3.8) is 0 Å². The van der Waals surface area contributed by atoms with E-state index in [2.05, 4.69) is 4.98 Å². The number of rotatable bonds is 3. The lowest BCUT2D eigenvalue weighted by molar-refractivity contribution is -0.117. The Morgan fingerprint density at radius 3 is 2.39 bits per heavy atom. The summed E-state index contributed by atoms with van der Waals surface area (Å²) in [5.74, 6) is 0.231. The van der Waals surface area contributed by atoms with E-state index in [9.17, 15) is 18.0 Å². The minimum absolute atomic E-state index is 0.120. The van der Waals surface area contributed by atoms with Gasteiger partial charge in [0.15, 0.2) is 0 Å². The molecular weight excluding hydrogens is 480 g/mol. The highest BCUT2D eigenvalue weighted by Gasteiger charge is 2.35. The number of benzene rings is 2. The van der Waals surface area contributed by atoms with Gasteiger partial charge in [0.05, 0.1) is 28.9 Å². The van der Waals surface area contributed by atoms with Gasteiger partial charge in [0.2, 0.25) is 21.8 Å². The Morgan fingerprint density at radius 1 is 1.00 bits per heavy atom. The number of pyridine rings is 1. The molecule has 1 atom stereocenters. The lowest BCUT2D eigenvalue weighted by Crippen LogP contribution is -2.52. The molecule has 0 saturated carbocycles. The van der Waals surface area contributed by atoms with Crippen molar-refractivity contribution in [3.8, 4) is 17.0 Å². The number of hydrogen-bond acceptors (Lipinski definition) is 6. The number of sulfonamides is 1. The molecule has 0 spiro atoms. The minimum Gasteiger partial charge on any atom is -0.391 e. The third kappa shape index (κ3) is 4.39. The fraction of sp³-hybridized carbons (Fsp3) is 0.269. The first-order valence-electron chi connectivity index (χ1n) is 11.7. The standard InChI is InChI=1S/C26H26N4O5S/c1-18-17-28(26(32)35-25-6-3-4-13-27-25)24-16-21(9-12-23(24)30(18)19(2)31)20-7-10-22(11-8-20)29-14-5-15-36(29,33)34/h3-4,6-13,16,18H,5,14-15,17H2,1-2H3/t18-/m0/s1. The molecule has 2 amide bonds. The molecule has 1 saturated heterocycles. The summed E-state index contributed by atoms with van der Waals surface area (Å²) in [6, 6.07) is 17.7. The summed E-state index contributed by atoms with van der Waals surface area (Å²) in [6.45, 7) is 4.12. The van der Waals surface area contributed by atoms with Crippen LogP contribution in [0.2, 0.25) is 0 Å². The van der Waals surface area contributed by atoms with Crippen molar-refractivity contribution in [2.75, 3.05) is 32.9 Å². The Morgan fingerprint density at radius 2 is 1.75 bits per heavy atom. The normalized spacial score (nSPS) is 18.6. The molecule has 186 valence electrons. The molecule has 2 aliphatic rings. The Balaban J connectivity index is 1.50. The molecule has 2 aromatic carbocycles. The fourth-order valence-electron chi connectivity index (χ4n) is 4.76. The van der Waals surface area contributed by atoms with Gasteiger partial charge in [0.25, 0.3) is 0 Å². The molecule has 0 radical (unpaired) electrons. The Hall–Kier alpha value is -3.92. The molecule has 36 heavy (non-hydrogen) atoms. The first-order chi connectivity index (χ1) is 17.2. The van der Waals surface area contributed by atoms with Gasteiger partial charge in [-0.05, 0) is 54.8 Å². The zero-order valence-electron chi connectivity index (χ0n) is 20.0. The number of fused-ring (bicyclic) bond motifs is 1. The lowest BCUT2D eigenvalue weighted by Gasteiger charge is -2.40. The molecule has 10 heteroatoms. The van der Waals surface area contributed by atoms with E-state index in [0.29, 0.717) is 30.0 Å². The molecule has 0 N–H and O–H groups in total. The lowest BCUT2D eigenvalue weighted by atomic mass is 10.0. The van der Waals surface area contributed by atoms with Crippen molar-refractivity contribution >= 4 is 39.1 Å². The van der Waals surface area contributed by atoms with E-state index in [1.807, 2.05) is 37.3 Å². The van der Waals surface area contributed by atoms with Crippen molar-refractivity contribution in [3.05, 3.63) is 66.9 Å². The third-order valence-corrected chi connectivity index (χ3v) is 8.26. The quantitative estimate of drug-likeness (QED) is 0.531. The van der Waals surface area contributed by atoms with Crippen LogP contribution in [-0.2, 0) is 14.8 Å². The zero-order chi connectivity index (χ0) is 25.4. The van der Waals surface area contributed by atoms with E-state index >= 15 is 0 Å². The topological polar surface area (TPSA) is 100 Å². The molecule has 1 fully saturated rings. The molecule has 9 nitrogen and oxygen atoms in total. The van der Waals surface area contributed by atoms with E-state index in [1.54, 1.807) is 41.4 Å². The van der Waals surface area contributed by atoms with Crippen LogP contribution in [0.1, 0.15) is 20.3 Å². The van der Waals surface area contributed by atoms with Crippen molar-refractivity contribution in [1.29, 1.82) is 0 Å². The molecule has 3 heterocycles. The van der Waals surface area contributed by atoms with Crippen LogP contribution in [0.5, 0.6) is 5.88 Å². The first kappa shape index (κ1) is 23.8. The average Bonchev–Trinajstić information content (AvgIpc) is 3.22. The Labute approximate surface area is 210 Å². The largest absolute Gasteiger partial charge is 0.421 e. The molecule has 2 aliphatic heterocycles. The van der Waals surface area contributed by atoms with E-state index in [0.717, 1.165) is 11.1 Å². The number of amides is 2. The van der Waals surface area contributed by atoms with Crippen LogP contribution in [0.3, 0.4) is 0 Å². The second kappa shape index (κ2) is 9.27. The van der Waals surface area contributed by atoms with Crippen LogP contribution >= 0.6 is 0 Å². The van der Waals surface area contributed by atoms with Gasteiger partial charge >= 0.3 is 6.09 Å². The van der Waals surface area contributed by atoms with Gasteiger partial charge in [0.1, 0.15) is 0 Å². The second-order valence-corrected chi connectivity index (χ2v) is 10.9. The number of anilines is 3. The van der Waals surface area contributed by atoms with Crippen molar-refractivity contribution < 1.29 is 22.7 Å². The smallest absolute Gasteiger partial charge is 0.391 e. The van der Waals surface area contributed by atoms with Gasteiger partial charge in [-0.2, -0.15) is 0 Å². The number of aromatic nitrogens is 1. The maximum Gasteiger partial charge on any atom is 0.421 e. The number of nitrogens with zero attached hydrogens (tertiary/aromatic N) is 4. The molecule has 5 rings (SSSR count). The van der Waals surface area contributed by atoms with Crippen LogP contribution in [0.25, 0.3) is 11.1 Å². The van der Waals surface area contributed by atoms with Gasteiger partial charge in [-0.1, -0.05) is 24.3 Å². The number of ether oxygens (including phenoxy) is 1. The molecule has 3 aromatic rings. The van der Waals surface area contributed by atoms with Crippen LogP contribution in [0, 0.1) is 0 Å². The summed E-state index contributed by atoms with van der Waals surface area (Å²) in [5.41, 5.74) is 3.46. The first-order valence-corrected chi connectivity index (χ1v) is 13.3. The average molecular weight is 507 g/mol. The highest BCUT2D eigenvalue weighted by molar-refractivity contribution is 7.93. The van der Waals surface area contributed by atoms with Gasteiger partial charge in [-0.25, -0.2) is 18.2 Å². The monoisotopic (exact) mass is 506 g/mol. The Kier molecular flexibility index (Phi) is 6.13. The third-order valence-electron chi connectivity index (χ3n) is 6.39. The number of hydrogen-bond donors (Lipinski definition) is 0. The predicted octanol–water partition coefficient (Wildman–Crippen LogP) is 4.05. The maximum atomic E-state index is 13.2. The highest BCUT2D eigenvalue weighted by atomic mass is 32.2. The number of carbonyl (C=O) groups is 2. The van der Waals surface area contributed by atoms with Gasteiger partial charge in [0, 0.05) is 32.3 Å². The summed E-state index contributed by atoms with van der Waals surface area (Å²) in [7, 11) is -3.26. The van der Waals surface area contributed by atoms with Crippen molar-refractivity contribution in [2.24, 2.45) is 0 Å². The van der Waals surface area contributed by atoms with Crippen LogP contribution < -0.4 is 18.8 Å². The molecular formula is C26H26N4O5S. The van der Waals surface area contributed by atoms with Gasteiger partial charge in [-0.15, -0.1) is 0 Å². The van der Waals surface area contributed by atoms with Crippen LogP contribution in [0.15, 0.2) is 66.9 Å². The molecule has 0 aliphatic carbocycles. The van der Waals surface area contributed by atoms with E-state index in [1.165, 1.54) is 16.1 Å². The summed E-state index contributed by atoms with van der Waals surface area (Å²) in [5, 5.41) is 0. The van der Waals surface area contributed by atoms with E-state index < -0.39 is 16.1 Å². The summed E-state index contributed by atoms with van der Waals surface area (Å²) < 4.78 is 31.5. The Bertz CT molecular complexity index is 1410. The van der Waals surface area contributed by atoms with Crippen LogP contribution in [-0.4, -0.2) is 50.3 Å². The van der Waals surface area contributed by atoms with Gasteiger partial charge in [-0.3, -0.25) is 14.0 Å². The van der Waals surface area contributed by atoms with E-state index in [4.69, 9.17) is 4.74 Å². The van der Waals surface area contributed by atoms with Crippen molar-refractivity contribution in [2.45, 2.75) is 26.3 Å². The second-order valence-electron chi connectivity index (χ2n) is 8.88. The fourth-order valence-corrected chi connectivity index (χ4v) is 6.32. The predicted molar refractivity (Wildman–Crippen MR) is 138 cm³/mol. The summed E-state index contributed by atoms with van der Waals surface area (Å²) in [4.78, 5) is 32.8. The SMILES string of the molecule is CC(=O)N1c2ccc(-c3ccc(N4CCCS4(=O)=O)cc3)cc2N(C(=O)Oc2ccccn2)C[C@@H]1C. The highest BCUT2D eigenvalue weighted by Crippen LogP contribution is 2.39. The maximum absolute atomic E-state index is 13.2.